The number of thiazole rings is 1. The number of H-pyrrole nitrogens is 1. The quantitative estimate of drug-likeness (QED) is 0.373. The number of fused-ring (bicyclic) bond motifs is 1. The van der Waals surface area contributed by atoms with Crippen LogP contribution in [0.25, 0.3) is 21.7 Å². The first-order valence-electron chi connectivity index (χ1n) is 9.18. The average molecular weight is 423 g/mol. The van der Waals surface area contributed by atoms with Gasteiger partial charge in [0.1, 0.15) is 4.88 Å². The summed E-state index contributed by atoms with van der Waals surface area (Å²) in [4.78, 5) is 52.7. The van der Waals surface area contributed by atoms with Crippen LogP contribution in [-0.4, -0.2) is 37.1 Å². The monoisotopic (exact) mass is 423 g/mol. The van der Waals surface area contributed by atoms with E-state index in [0.29, 0.717) is 38.7 Å². The van der Waals surface area contributed by atoms with Crippen molar-refractivity contribution in [2.24, 2.45) is 0 Å². The number of hydrogen-bond donors (Lipinski definition) is 1. The van der Waals surface area contributed by atoms with E-state index in [9.17, 15) is 14.4 Å². The minimum absolute atomic E-state index is 0.0616. The number of para-hydroxylation sites is 1. The molecule has 0 radical (unpaired) electrons. The second kappa shape index (κ2) is 8.37. The highest BCUT2D eigenvalue weighted by Gasteiger charge is 2.18. The van der Waals surface area contributed by atoms with Crippen molar-refractivity contribution in [1.29, 1.82) is 0 Å². The number of aromatic amines is 1. The number of rotatable bonds is 6. The number of ether oxygens (including phenoxy) is 1. The fraction of sp³-hybridized carbons (Fsp3) is 0.200. The molecule has 0 aliphatic heterocycles. The highest BCUT2D eigenvalue weighted by atomic mass is 32.1. The number of esters is 1. The number of nitrogens with one attached hydrogen (secondary N) is 1. The molecule has 0 aliphatic rings. The largest absolute Gasteiger partial charge is 0.461 e. The van der Waals surface area contributed by atoms with Crippen LogP contribution < -0.4 is 11.2 Å². The molecule has 0 fully saturated rings. The van der Waals surface area contributed by atoms with Gasteiger partial charge in [0, 0.05) is 18.9 Å². The zero-order valence-corrected chi connectivity index (χ0v) is 16.8. The first-order valence-corrected chi connectivity index (χ1v) is 10.00. The predicted molar refractivity (Wildman–Crippen MR) is 112 cm³/mol. The third-order valence-electron chi connectivity index (χ3n) is 4.39. The molecule has 3 heterocycles. The Kier molecular flexibility index (Phi) is 5.48. The summed E-state index contributed by atoms with van der Waals surface area (Å²) >= 11 is 1.16. The van der Waals surface area contributed by atoms with Crippen molar-refractivity contribution >= 4 is 28.2 Å². The average Bonchev–Trinajstić information content (AvgIpc) is 3.15. The van der Waals surface area contributed by atoms with Gasteiger partial charge in [0.25, 0.3) is 5.56 Å². The van der Waals surface area contributed by atoms with Crippen LogP contribution in [0.4, 0.5) is 0 Å². The van der Waals surface area contributed by atoms with Crippen LogP contribution in [0.5, 0.6) is 0 Å². The topological polar surface area (TPSA) is 120 Å². The Balaban J connectivity index is 1.40. The fourth-order valence-electron chi connectivity index (χ4n) is 2.95. The lowest BCUT2D eigenvalue weighted by Gasteiger charge is -2.07. The Morgan fingerprint density at radius 1 is 1.17 bits per heavy atom. The molecule has 0 saturated carbocycles. The number of benzene rings is 1. The first kappa shape index (κ1) is 19.6. The van der Waals surface area contributed by atoms with Crippen LogP contribution in [0.15, 0.2) is 52.3 Å². The van der Waals surface area contributed by atoms with Crippen LogP contribution >= 0.6 is 11.3 Å². The summed E-state index contributed by atoms with van der Waals surface area (Å²) in [7, 11) is 0. The number of hydrogen-bond acceptors (Lipinski definition) is 8. The third-order valence-corrected chi connectivity index (χ3v) is 5.52. The van der Waals surface area contributed by atoms with E-state index in [4.69, 9.17) is 4.74 Å². The zero-order chi connectivity index (χ0) is 21.1. The summed E-state index contributed by atoms with van der Waals surface area (Å²) in [5.41, 5.74) is 0.172. The van der Waals surface area contributed by atoms with Gasteiger partial charge in [-0.2, -0.15) is 0 Å². The SMILES string of the molecule is Cc1nc(-c2ncccn2)sc1C(=O)OCCCn1c(=O)[nH]c2ccccc2c1=O. The lowest BCUT2D eigenvalue weighted by molar-refractivity contribution is 0.0500. The molecule has 4 rings (SSSR count). The molecule has 9 nitrogen and oxygen atoms in total. The zero-order valence-electron chi connectivity index (χ0n) is 16.0. The van der Waals surface area contributed by atoms with Gasteiger partial charge in [-0.05, 0) is 31.5 Å². The molecule has 0 saturated heterocycles. The molecule has 0 unspecified atom stereocenters. The van der Waals surface area contributed by atoms with Crippen molar-refractivity contribution in [3.63, 3.8) is 0 Å². The van der Waals surface area contributed by atoms with Crippen molar-refractivity contribution in [2.75, 3.05) is 6.61 Å². The minimum Gasteiger partial charge on any atom is -0.461 e. The molecule has 0 bridgehead atoms. The molecule has 4 aromatic rings. The van der Waals surface area contributed by atoms with Gasteiger partial charge in [0.2, 0.25) is 0 Å². The highest BCUT2D eigenvalue weighted by Crippen LogP contribution is 2.25. The fourth-order valence-corrected chi connectivity index (χ4v) is 3.85. The summed E-state index contributed by atoms with van der Waals surface area (Å²) in [6.07, 6.45) is 3.53. The third kappa shape index (κ3) is 3.90. The van der Waals surface area contributed by atoms with E-state index in [1.807, 2.05) is 0 Å². The molecular formula is C20H17N5O4S. The Bertz CT molecular complexity index is 1330. The maximum atomic E-state index is 12.5. The second-order valence-electron chi connectivity index (χ2n) is 6.43. The van der Waals surface area contributed by atoms with E-state index in [2.05, 4.69) is 19.9 Å². The Morgan fingerprint density at radius 2 is 1.93 bits per heavy atom. The van der Waals surface area contributed by atoms with E-state index in [0.717, 1.165) is 15.9 Å². The van der Waals surface area contributed by atoms with Crippen molar-refractivity contribution in [3.8, 4) is 10.8 Å². The van der Waals surface area contributed by atoms with Crippen molar-refractivity contribution in [3.05, 3.63) is 74.1 Å². The molecule has 1 aromatic carbocycles. The number of carbonyl (C=O) groups excluding carboxylic acids is 1. The first-order chi connectivity index (χ1) is 14.5. The van der Waals surface area contributed by atoms with Crippen LogP contribution in [0.1, 0.15) is 21.8 Å². The second-order valence-corrected chi connectivity index (χ2v) is 7.43. The number of aromatic nitrogens is 5. The lowest BCUT2D eigenvalue weighted by Crippen LogP contribution is -2.35. The molecule has 30 heavy (non-hydrogen) atoms. The maximum Gasteiger partial charge on any atom is 0.350 e. The summed E-state index contributed by atoms with van der Waals surface area (Å²) in [6, 6.07) is 8.52. The molecule has 0 aliphatic carbocycles. The number of aryl methyl sites for hydroxylation is 1. The normalized spacial score (nSPS) is 11.0. The van der Waals surface area contributed by atoms with Gasteiger partial charge < -0.3 is 9.72 Å². The van der Waals surface area contributed by atoms with Gasteiger partial charge in [-0.25, -0.2) is 24.5 Å². The van der Waals surface area contributed by atoms with Crippen molar-refractivity contribution in [2.45, 2.75) is 19.9 Å². The van der Waals surface area contributed by atoms with Crippen LogP contribution in [-0.2, 0) is 11.3 Å². The van der Waals surface area contributed by atoms with Crippen molar-refractivity contribution < 1.29 is 9.53 Å². The predicted octanol–water partition coefficient (Wildman–Crippen LogP) is 2.16. The van der Waals surface area contributed by atoms with E-state index in [1.165, 1.54) is 0 Å². The summed E-state index contributed by atoms with van der Waals surface area (Å²) in [5, 5.41) is 0.972. The van der Waals surface area contributed by atoms with Gasteiger partial charge >= 0.3 is 11.7 Å². The van der Waals surface area contributed by atoms with Crippen LogP contribution in [0.3, 0.4) is 0 Å². The van der Waals surface area contributed by atoms with Crippen LogP contribution in [0.2, 0.25) is 0 Å². The van der Waals surface area contributed by atoms with Crippen LogP contribution in [0, 0.1) is 6.92 Å². The van der Waals surface area contributed by atoms with Crippen molar-refractivity contribution in [1.82, 2.24) is 24.5 Å². The number of nitrogens with zero attached hydrogens (tertiary/aromatic N) is 4. The lowest BCUT2D eigenvalue weighted by atomic mass is 10.2. The molecule has 0 atom stereocenters. The molecule has 0 spiro atoms. The van der Waals surface area contributed by atoms with Gasteiger partial charge in [0.15, 0.2) is 10.8 Å². The maximum absolute atomic E-state index is 12.5. The summed E-state index contributed by atoms with van der Waals surface area (Å²) < 4.78 is 6.42. The van der Waals surface area contributed by atoms with Gasteiger partial charge in [-0.3, -0.25) is 9.36 Å². The van der Waals surface area contributed by atoms with E-state index < -0.39 is 11.7 Å². The molecule has 3 aromatic heterocycles. The molecule has 152 valence electrons. The van der Waals surface area contributed by atoms with Gasteiger partial charge in [-0.1, -0.05) is 12.1 Å². The molecule has 10 heteroatoms. The van der Waals surface area contributed by atoms with E-state index in [-0.39, 0.29) is 18.7 Å². The minimum atomic E-state index is -0.507. The Labute approximate surface area is 174 Å². The van der Waals surface area contributed by atoms with E-state index in [1.54, 1.807) is 49.6 Å². The standard InChI is InChI=1S/C20H17N5O4S/c1-12-15(30-17(23-12)16-21-8-4-9-22-16)19(27)29-11-5-10-25-18(26)13-6-2-3-7-14(13)24-20(25)28/h2-4,6-9H,5,10-11H2,1H3,(H,24,28). The smallest absolute Gasteiger partial charge is 0.350 e. The van der Waals surface area contributed by atoms with Gasteiger partial charge in [0.05, 0.1) is 23.2 Å². The Hall–Kier alpha value is -3.66. The highest BCUT2D eigenvalue weighted by molar-refractivity contribution is 7.16. The van der Waals surface area contributed by atoms with E-state index >= 15 is 0 Å². The summed E-state index contributed by atoms with van der Waals surface area (Å²) in [5.74, 6) is -0.0634. The van der Waals surface area contributed by atoms with Gasteiger partial charge in [-0.15, -0.1) is 11.3 Å². The number of carbonyl (C=O) groups is 1. The molecule has 0 amide bonds. The molecule has 1 N–H and O–H groups in total. The molecular weight excluding hydrogens is 406 g/mol. The Morgan fingerprint density at radius 3 is 2.73 bits per heavy atom. The summed E-state index contributed by atoms with van der Waals surface area (Å²) in [6.45, 7) is 1.91.